The van der Waals surface area contributed by atoms with Crippen molar-refractivity contribution in [2.24, 2.45) is 5.16 Å². The number of ether oxygens (including phenoxy) is 1. The molecule has 0 aromatic carbocycles. The molecule has 0 aromatic rings. The van der Waals surface area contributed by atoms with Crippen molar-refractivity contribution >= 4 is 38.0 Å². The maximum Gasteiger partial charge on any atom is 0.466 e. The van der Waals surface area contributed by atoms with Crippen molar-refractivity contribution in [3.63, 3.8) is 0 Å². The number of hydrogen-bond donors (Lipinski definition) is 5. The van der Waals surface area contributed by atoms with Crippen molar-refractivity contribution in [1.29, 1.82) is 0 Å². The Morgan fingerprint density at radius 2 is 1.92 bits per heavy atom. The van der Waals surface area contributed by atoms with E-state index in [2.05, 4.69) is 9.44 Å². The predicted octanol–water partition coefficient (Wildman–Crippen LogP) is -2.58. The molecule has 1 fully saturated rings. The summed E-state index contributed by atoms with van der Waals surface area (Å²) in [7, 11) is -6.10. The summed E-state index contributed by atoms with van der Waals surface area (Å²) in [4.78, 5) is 0. The van der Waals surface area contributed by atoms with Crippen LogP contribution in [0.2, 0.25) is 0 Å². The van der Waals surface area contributed by atoms with Gasteiger partial charge >= 0.3 is 10.4 Å². The zero-order valence-corrected chi connectivity index (χ0v) is 14.9. The molecule has 0 radical (unpaired) electrons. The third kappa shape index (κ3) is 6.89. The Balaban J connectivity index is 2.88. The number of rotatable bonds is 7. The summed E-state index contributed by atoms with van der Waals surface area (Å²) in [6.07, 6.45) is -4.50. The molecular weight excluding hydrogens is 390 g/mol. The Morgan fingerprint density at radius 3 is 2.42 bits per heavy atom. The Morgan fingerprint density at radius 1 is 1.29 bits per heavy atom. The van der Waals surface area contributed by atoms with Crippen LogP contribution in [-0.2, 0) is 30.2 Å². The molecule has 5 N–H and O–H groups in total. The highest BCUT2D eigenvalue weighted by Gasteiger charge is 2.44. The Hall–Kier alpha value is -0.320. The van der Waals surface area contributed by atoms with Gasteiger partial charge in [-0.05, 0) is 0 Å². The minimum Gasteiger partial charge on any atom is -0.394 e. The fourth-order valence-electron chi connectivity index (χ4n) is 1.74. The molecule has 1 saturated heterocycles. The average molecular weight is 409 g/mol. The molecule has 1 aliphatic heterocycles. The minimum absolute atomic E-state index is 0.0294. The van der Waals surface area contributed by atoms with Crippen molar-refractivity contribution < 1.29 is 46.6 Å². The summed E-state index contributed by atoms with van der Waals surface area (Å²) in [6.45, 7) is -0.630. The lowest BCUT2D eigenvalue weighted by molar-refractivity contribution is -0.205. The number of hydrogen-bond acceptors (Lipinski definition) is 11. The van der Waals surface area contributed by atoms with Crippen LogP contribution in [0.1, 0.15) is 6.42 Å². The summed E-state index contributed by atoms with van der Waals surface area (Å²) >= 11 is 0.642. The highest BCUT2D eigenvalue weighted by Crippen LogP contribution is 2.30. The van der Waals surface area contributed by atoms with E-state index in [9.17, 15) is 27.9 Å². The molecule has 11 nitrogen and oxygen atoms in total. The zero-order chi connectivity index (χ0) is 18.5. The van der Waals surface area contributed by atoms with E-state index in [1.807, 2.05) is 0 Å². The Bertz CT molecular complexity index is 565. The van der Waals surface area contributed by atoms with E-state index >= 15 is 0 Å². The summed E-state index contributed by atoms with van der Waals surface area (Å²) in [5.41, 5.74) is -1.21. The summed E-state index contributed by atoms with van der Waals surface area (Å²) in [5.74, 6) is 0.0814. The molecule has 0 aromatic heterocycles. The van der Waals surface area contributed by atoms with Crippen molar-refractivity contribution in [2.45, 2.75) is 36.3 Å². The summed E-state index contributed by atoms with van der Waals surface area (Å²) in [6, 6.07) is 0. The summed E-state index contributed by atoms with van der Waals surface area (Å²) < 4.78 is 50.0. The fourth-order valence-corrected chi connectivity index (χ4v) is 3.65. The molecule has 0 saturated carbocycles. The van der Waals surface area contributed by atoms with Crippen LogP contribution in [0.25, 0.3) is 0 Å². The first-order valence-electron chi connectivity index (χ1n) is 6.55. The first-order valence-corrected chi connectivity index (χ1v) is 10.5. The molecule has 24 heavy (non-hydrogen) atoms. The monoisotopic (exact) mass is 409 g/mol. The van der Waals surface area contributed by atoms with Crippen LogP contribution in [0.3, 0.4) is 0 Å². The van der Waals surface area contributed by atoms with E-state index in [0.29, 0.717) is 11.8 Å². The zero-order valence-electron chi connectivity index (χ0n) is 12.5. The molecule has 1 heterocycles. The molecule has 0 amide bonds. The molecule has 14 heteroatoms. The van der Waals surface area contributed by atoms with Crippen molar-refractivity contribution in [3.05, 3.63) is 0 Å². The van der Waals surface area contributed by atoms with Gasteiger partial charge in [0.05, 0.1) is 6.61 Å². The van der Waals surface area contributed by atoms with Gasteiger partial charge in [0.25, 0.3) is 0 Å². The van der Waals surface area contributed by atoms with Crippen LogP contribution in [0, 0.1) is 0 Å². The number of thioether (sulfide) groups is 1. The van der Waals surface area contributed by atoms with Gasteiger partial charge in [0.15, 0.2) is 0 Å². The van der Waals surface area contributed by atoms with E-state index in [1.165, 1.54) is 6.26 Å². The lowest BCUT2D eigenvalue weighted by Crippen LogP contribution is -2.57. The highest BCUT2D eigenvalue weighted by molar-refractivity contribution is 8.14. The van der Waals surface area contributed by atoms with Gasteiger partial charge in [-0.1, -0.05) is 16.9 Å². The van der Waals surface area contributed by atoms with E-state index in [1.54, 1.807) is 0 Å². The number of oxime groups is 1. The average Bonchev–Trinajstić information content (AvgIpc) is 2.49. The van der Waals surface area contributed by atoms with Gasteiger partial charge in [0.1, 0.15) is 34.9 Å². The number of aliphatic hydroxyl groups excluding tert-OH is 4. The third-order valence-electron chi connectivity index (χ3n) is 2.94. The van der Waals surface area contributed by atoms with E-state index in [-0.39, 0.29) is 17.2 Å². The maximum atomic E-state index is 11.2. The molecule has 0 aliphatic carbocycles. The SMILES string of the molecule is C[S@](=O)CC/C(=N/OS(=O)(=O)O)S[C@@H]1O[C@H](CO)[C@@H](O)[C@H](O)[C@H]1O. The van der Waals surface area contributed by atoms with Gasteiger partial charge in [0, 0.05) is 29.2 Å². The molecule has 1 aliphatic rings. The van der Waals surface area contributed by atoms with Gasteiger partial charge in [-0.3, -0.25) is 8.76 Å². The standard InChI is InChI=1S/C10H19NO10S3/c1-23(16)3-2-6(11-21-24(17,18)19)22-10-9(15)8(14)7(13)5(4-12)20-10/h5,7-10,12-15H,2-4H2,1H3,(H,17,18,19)/b11-6-/t5-,7-,8+,9-,10+,23+/m1/s1. The van der Waals surface area contributed by atoms with Crippen LogP contribution in [-0.4, -0.2) is 91.1 Å². The van der Waals surface area contributed by atoms with Gasteiger partial charge < -0.3 is 25.2 Å². The molecule has 0 bridgehead atoms. The smallest absolute Gasteiger partial charge is 0.394 e. The fraction of sp³-hybridized carbons (Fsp3) is 0.900. The lowest BCUT2D eigenvalue weighted by atomic mass is 10.0. The van der Waals surface area contributed by atoms with Crippen molar-refractivity contribution in [3.8, 4) is 0 Å². The van der Waals surface area contributed by atoms with Gasteiger partial charge in [-0.25, -0.2) is 4.28 Å². The molecular formula is C10H19NO10S3. The first kappa shape index (κ1) is 21.7. The van der Waals surface area contributed by atoms with Crippen LogP contribution >= 0.6 is 11.8 Å². The predicted molar refractivity (Wildman–Crippen MR) is 85.0 cm³/mol. The molecule has 0 spiro atoms. The largest absolute Gasteiger partial charge is 0.466 e. The minimum atomic E-state index is -4.86. The van der Waals surface area contributed by atoms with E-state index < -0.39 is 57.7 Å². The molecule has 142 valence electrons. The topological polar surface area (TPSA) is 183 Å². The number of aliphatic hydroxyl groups is 4. The van der Waals surface area contributed by atoms with E-state index in [0.717, 1.165) is 0 Å². The highest BCUT2D eigenvalue weighted by atomic mass is 32.3. The molecule has 0 unspecified atom stereocenters. The Kier molecular flexibility index (Phi) is 8.51. The van der Waals surface area contributed by atoms with Crippen molar-refractivity contribution in [1.82, 2.24) is 0 Å². The lowest BCUT2D eigenvalue weighted by Gasteiger charge is -2.39. The van der Waals surface area contributed by atoms with Crippen LogP contribution < -0.4 is 0 Å². The van der Waals surface area contributed by atoms with Crippen LogP contribution in [0.15, 0.2) is 5.16 Å². The maximum absolute atomic E-state index is 11.2. The van der Waals surface area contributed by atoms with Crippen LogP contribution in [0.5, 0.6) is 0 Å². The second-order valence-corrected chi connectivity index (χ2v) is 8.56. The van der Waals surface area contributed by atoms with Crippen molar-refractivity contribution in [2.75, 3.05) is 18.6 Å². The van der Waals surface area contributed by atoms with Crippen LogP contribution in [0.4, 0.5) is 0 Å². The van der Waals surface area contributed by atoms with Gasteiger partial charge in [0.2, 0.25) is 0 Å². The normalized spacial score (nSPS) is 33.2. The first-order chi connectivity index (χ1) is 11.0. The number of nitrogens with zero attached hydrogens (tertiary/aromatic N) is 1. The van der Waals surface area contributed by atoms with Gasteiger partial charge in [-0.15, -0.1) is 0 Å². The third-order valence-corrected chi connectivity index (χ3v) is 5.15. The second kappa shape index (κ2) is 9.40. The molecule has 1 rings (SSSR count). The summed E-state index contributed by atoms with van der Waals surface area (Å²) in [5, 5.41) is 41.5. The second-order valence-electron chi connectivity index (χ2n) is 4.83. The quantitative estimate of drug-likeness (QED) is 0.129. The van der Waals surface area contributed by atoms with E-state index in [4.69, 9.17) is 14.4 Å². The molecule has 6 atom stereocenters. The Labute approximate surface area is 145 Å². The van der Waals surface area contributed by atoms with Gasteiger partial charge in [-0.2, -0.15) is 8.42 Å².